The van der Waals surface area contributed by atoms with E-state index in [1.165, 1.54) is 32.3 Å². The number of nitrogens with zero attached hydrogens (tertiary/aromatic N) is 1. The summed E-state index contributed by atoms with van der Waals surface area (Å²) in [6, 6.07) is 10.1. The number of amides is 2. The van der Waals surface area contributed by atoms with E-state index in [0.717, 1.165) is 0 Å². The van der Waals surface area contributed by atoms with E-state index in [2.05, 4.69) is 5.32 Å². The van der Waals surface area contributed by atoms with Crippen molar-refractivity contribution >= 4 is 29.1 Å². The van der Waals surface area contributed by atoms with Gasteiger partial charge in [0, 0.05) is 12.1 Å². The molecule has 2 aromatic carbocycles. The molecule has 2 amide bonds. The number of ether oxygens (including phenoxy) is 3. The van der Waals surface area contributed by atoms with Crippen LogP contribution >= 0.6 is 11.6 Å². The number of hydrogen-bond acceptors (Lipinski definition) is 5. The minimum atomic E-state index is -0.331. The van der Waals surface area contributed by atoms with Crippen molar-refractivity contribution in [3.63, 3.8) is 0 Å². The van der Waals surface area contributed by atoms with E-state index in [4.69, 9.17) is 25.8 Å². The summed E-state index contributed by atoms with van der Waals surface area (Å²) in [4.78, 5) is 27.1. The summed E-state index contributed by atoms with van der Waals surface area (Å²) in [7, 11) is 4.46. The van der Waals surface area contributed by atoms with Gasteiger partial charge < -0.3 is 24.4 Å². The van der Waals surface area contributed by atoms with Crippen molar-refractivity contribution in [2.45, 2.75) is 13.3 Å². The van der Waals surface area contributed by atoms with E-state index in [0.29, 0.717) is 41.5 Å². The Morgan fingerprint density at radius 1 is 1.03 bits per heavy atom. The summed E-state index contributed by atoms with van der Waals surface area (Å²) in [5, 5.41) is 3.04. The summed E-state index contributed by atoms with van der Waals surface area (Å²) in [6.07, 6.45) is 0.689. The van der Waals surface area contributed by atoms with Crippen LogP contribution in [0.4, 0.5) is 5.69 Å². The lowest BCUT2D eigenvalue weighted by Gasteiger charge is -2.22. The van der Waals surface area contributed by atoms with E-state index >= 15 is 0 Å². The van der Waals surface area contributed by atoms with Crippen LogP contribution < -0.4 is 19.5 Å². The topological polar surface area (TPSA) is 77.1 Å². The molecule has 0 radical (unpaired) electrons. The summed E-state index contributed by atoms with van der Waals surface area (Å²) in [5.74, 6) is 0.577. The van der Waals surface area contributed by atoms with Crippen molar-refractivity contribution in [3.8, 4) is 17.2 Å². The van der Waals surface area contributed by atoms with E-state index in [-0.39, 0.29) is 23.4 Å². The number of rotatable bonds is 9. The second-order valence-corrected chi connectivity index (χ2v) is 6.58. The van der Waals surface area contributed by atoms with Crippen LogP contribution in [0.15, 0.2) is 36.4 Å². The highest BCUT2D eigenvalue weighted by atomic mass is 35.5. The number of nitrogens with one attached hydrogen (secondary N) is 1. The second kappa shape index (κ2) is 10.6. The van der Waals surface area contributed by atoms with E-state index in [1.54, 1.807) is 24.3 Å². The number of methoxy groups -OCH3 is 3. The molecular formula is C21H25ClN2O5. The fraction of sp³-hybridized carbons (Fsp3) is 0.333. The molecule has 0 aliphatic rings. The van der Waals surface area contributed by atoms with Gasteiger partial charge in [0.25, 0.3) is 5.91 Å². The zero-order chi connectivity index (χ0) is 21.4. The van der Waals surface area contributed by atoms with Crippen LogP contribution in [0.2, 0.25) is 5.02 Å². The van der Waals surface area contributed by atoms with Crippen LogP contribution in [0.3, 0.4) is 0 Å². The predicted molar refractivity (Wildman–Crippen MR) is 112 cm³/mol. The van der Waals surface area contributed by atoms with E-state index < -0.39 is 0 Å². The first-order chi connectivity index (χ1) is 13.9. The Balaban J connectivity index is 2.21. The largest absolute Gasteiger partial charge is 0.495 e. The highest BCUT2D eigenvalue weighted by Crippen LogP contribution is 2.36. The zero-order valence-electron chi connectivity index (χ0n) is 17.0. The summed E-state index contributed by atoms with van der Waals surface area (Å²) in [5.41, 5.74) is 0.851. The lowest BCUT2D eigenvalue weighted by Crippen LogP contribution is -2.38. The van der Waals surface area contributed by atoms with Gasteiger partial charge in [-0.3, -0.25) is 9.59 Å². The zero-order valence-corrected chi connectivity index (χ0v) is 17.7. The maximum absolute atomic E-state index is 13.0. The summed E-state index contributed by atoms with van der Waals surface area (Å²) < 4.78 is 15.7. The molecule has 0 aromatic heterocycles. The molecular weight excluding hydrogens is 396 g/mol. The number of carbonyl (C=O) groups is 2. The fourth-order valence-corrected chi connectivity index (χ4v) is 3.15. The SMILES string of the molecule is CCCN(CC(=O)Nc1ccccc1OC)C(=O)c1cc(Cl)c(OC)c(OC)c1. The molecule has 0 spiro atoms. The molecule has 1 N–H and O–H groups in total. The standard InChI is InChI=1S/C21H25ClN2O5/c1-5-10-24(13-19(25)23-16-8-6-7-9-17(16)27-2)21(26)14-11-15(22)20(29-4)18(12-14)28-3/h6-9,11-12H,5,10,13H2,1-4H3,(H,23,25). The Morgan fingerprint density at radius 3 is 2.34 bits per heavy atom. The van der Waals surface area contributed by atoms with Crippen molar-refractivity contribution in [1.29, 1.82) is 0 Å². The summed E-state index contributed by atoms with van der Waals surface area (Å²) in [6.45, 7) is 2.22. The third-order valence-electron chi connectivity index (χ3n) is 4.18. The molecule has 0 fully saturated rings. The van der Waals surface area contributed by atoms with Gasteiger partial charge in [-0.05, 0) is 30.7 Å². The van der Waals surface area contributed by atoms with Gasteiger partial charge in [-0.2, -0.15) is 0 Å². The molecule has 0 aliphatic heterocycles. The molecule has 2 rings (SSSR count). The van der Waals surface area contributed by atoms with Gasteiger partial charge in [-0.1, -0.05) is 30.7 Å². The van der Waals surface area contributed by atoms with Crippen molar-refractivity contribution in [2.75, 3.05) is 39.7 Å². The highest BCUT2D eigenvalue weighted by molar-refractivity contribution is 6.32. The Labute approximate surface area is 175 Å². The Kier molecular flexibility index (Phi) is 8.15. The van der Waals surface area contributed by atoms with Gasteiger partial charge in [0.15, 0.2) is 11.5 Å². The lowest BCUT2D eigenvalue weighted by molar-refractivity contribution is -0.116. The molecule has 156 valence electrons. The maximum atomic E-state index is 13.0. The minimum Gasteiger partial charge on any atom is -0.495 e. The van der Waals surface area contributed by atoms with Crippen LogP contribution in [0.25, 0.3) is 0 Å². The Hall–Kier alpha value is -2.93. The van der Waals surface area contributed by atoms with Gasteiger partial charge in [0.05, 0.1) is 32.0 Å². The van der Waals surface area contributed by atoms with Crippen molar-refractivity contribution in [3.05, 3.63) is 47.0 Å². The average molecular weight is 421 g/mol. The molecule has 0 bridgehead atoms. The molecule has 0 atom stereocenters. The first-order valence-corrected chi connectivity index (χ1v) is 9.46. The third kappa shape index (κ3) is 5.54. The van der Waals surface area contributed by atoms with Gasteiger partial charge in [-0.25, -0.2) is 0 Å². The van der Waals surface area contributed by atoms with Crippen LogP contribution in [-0.4, -0.2) is 51.1 Å². The smallest absolute Gasteiger partial charge is 0.254 e. The first kappa shape index (κ1) is 22.4. The molecule has 29 heavy (non-hydrogen) atoms. The fourth-order valence-electron chi connectivity index (χ4n) is 2.86. The van der Waals surface area contributed by atoms with Gasteiger partial charge >= 0.3 is 0 Å². The number of halogens is 1. The predicted octanol–water partition coefficient (Wildman–Crippen LogP) is 3.86. The third-order valence-corrected chi connectivity index (χ3v) is 4.46. The second-order valence-electron chi connectivity index (χ2n) is 6.17. The van der Waals surface area contributed by atoms with E-state index in [1.807, 2.05) is 13.0 Å². The van der Waals surface area contributed by atoms with Crippen molar-refractivity contribution in [2.24, 2.45) is 0 Å². The molecule has 0 unspecified atom stereocenters. The van der Waals surface area contributed by atoms with Gasteiger partial charge in [-0.15, -0.1) is 0 Å². The van der Waals surface area contributed by atoms with E-state index in [9.17, 15) is 9.59 Å². The molecule has 2 aromatic rings. The monoisotopic (exact) mass is 420 g/mol. The average Bonchev–Trinajstić information content (AvgIpc) is 2.72. The number of hydrogen-bond donors (Lipinski definition) is 1. The number of para-hydroxylation sites is 2. The molecule has 0 saturated carbocycles. The van der Waals surface area contributed by atoms with Crippen LogP contribution in [0.1, 0.15) is 23.7 Å². The van der Waals surface area contributed by atoms with Crippen LogP contribution in [0.5, 0.6) is 17.2 Å². The van der Waals surface area contributed by atoms with Gasteiger partial charge in [0.1, 0.15) is 12.3 Å². The normalized spacial score (nSPS) is 10.2. The molecule has 0 saturated heterocycles. The number of anilines is 1. The minimum absolute atomic E-state index is 0.114. The molecule has 8 heteroatoms. The van der Waals surface area contributed by atoms with Crippen molar-refractivity contribution in [1.82, 2.24) is 4.90 Å². The lowest BCUT2D eigenvalue weighted by atomic mass is 10.1. The van der Waals surface area contributed by atoms with Gasteiger partial charge in [0.2, 0.25) is 5.91 Å². The number of carbonyl (C=O) groups excluding carboxylic acids is 2. The first-order valence-electron chi connectivity index (χ1n) is 9.08. The highest BCUT2D eigenvalue weighted by Gasteiger charge is 2.22. The maximum Gasteiger partial charge on any atom is 0.254 e. The molecule has 0 heterocycles. The Bertz CT molecular complexity index is 872. The van der Waals surface area contributed by atoms with Crippen molar-refractivity contribution < 1.29 is 23.8 Å². The van der Waals surface area contributed by atoms with Crippen LogP contribution in [-0.2, 0) is 4.79 Å². The molecule has 7 nitrogen and oxygen atoms in total. The van der Waals surface area contributed by atoms with Crippen LogP contribution in [0, 0.1) is 0 Å². The molecule has 0 aliphatic carbocycles. The Morgan fingerprint density at radius 2 is 1.72 bits per heavy atom. The quantitative estimate of drug-likeness (QED) is 0.666. The number of benzene rings is 2. The summed E-state index contributed by atoms with van der Waals surface area (Å²) >= 11 is 6.22.